The van der Waals surface area contributed by atoms with Crippen molar-refractivity contribution in [2.45, 2.75) is 19.4 Å². The summed E-state index contributed by atoms with van der Waals surface area (Å²) in [5.41, 5.74) is 1.22. The molecule has 0 fully saturated rings. The molecule has 1 unspecified atom stereocenters. The van der Waals surface area contributed by atoms with Gasteiger partial charge >= 0.3 is 0 Å². The van der Waals surface area contributed by atoms with Gasteiger partial charge in [-0.2, -0.15) is 0 Å². The van der Waals surface area contributed by atoms with E-state index in [1.165, 1.54) is 12.3 Å². The van der Waals surface area contributed by atoms with Crippen molar-refractivity contribution in [2.24, 2.45) is 0 Å². The Bertz CT molecular complexity index is 1290. The Kier molecular flexibility index (Phi) is 6.18. The first-order valence-electron chi connectivity index (χ1n) is 10.1. The van der Waals surface area contributed by atoms with Gasteiger partial charge in [-0.15, -0.1) is 0 Å². The van der Waals surface area contributed by atoms with E-state index in [1.54, 1.807) is 31.2 Å². The second kappa shape index (κ2) is 9.21. The quantitative estimate of drug-likeness (QED) is 0.292. The monoisotopic (exact) mass is 453 g/mol. The van der Waals surface area contributed by atoms with E-state index >= 15 is 0 Å². The molecular formula is C23H21F2N5O3. The average Bonchev–Trinajstić information content (AvgIpc) is 3.14. The molecule has 2 aromatic carbocycles. The van der Waals surface area contributed by atoms with E-state index in [2.05, 4.69) is 25.6 Å². The summed E-state index contributed by atoms with van der Waals surface area (Å²) in [6.45, 7) is 1.76. The predicted molar refractivity (Wildman–Crippen MR) is 119 cm³/mol. The highest BCUT2D eigenvalue weighted by atomic mass is 19.1. The number of nitrogens with one attached hydrogen (secondary N) is 3. The number of amides is 1. The number of rotatable bonds is 7. The zero-order valence-corrected chi connectivity index (χ0v) is 17.6. The molecule has 2 aromatic heterocycles. The normalized spacial score (nSPS) is 12.0. The minimum absolute atomic E-state index is 0.139. The number of halogens is 2. The molecule has 2 heterocycles. The SMILES string of the molecule is CC(O)CNC(=O)Cc1ccc(Nc2nc(-c3c(F)cccc3F)nc3c[nH]c(O)c23)cc1. The predicted octanol–water partition coefficient (Wildman–Crippen LogP) is 3.39. The number of benzene rings is 2. The Hall–Kier alpha value is -4.05. The maximum absolute atomic E-state index is 14.3. The molecule has 0 aliphatic carbocycles. The number of H-pyrrole nitrogens is 1. The third kappa shape index (κ3) is 4.90. The van der Waals surface area contributed by atoms with E-state index in [0.717, 1.165) is 17.7 Å². The molecular weight excluding hydrogens is 432 g/mol. The number of hydrogen-bond acceptors (Lipinski definition) is 6. The Morgan fingerprint density at radius 1 is 1.12 bits per heavy atom. The van der Waals surface area contributed by atoms with Crippen LogP contribution in [0.4, 0.5) is 20.3 Å². The van der Waals surface area contributed by atoms with Crippen LogP contribution < -0.4 is 10.6 Å². The third-order valence-electron chi connectivity index (χ3n) is 4.88. The maximum atomic E-state index is 14.3. The molecule has 10 heteroatoms. The van der Waals surface area contributed by atoms with Crippen molar-refractivity contribution in [3.05, 3.63) is 65.9 Å². The van der Waals surface area contributed by atoms with Crippen LogP contribution in [-0.4, -0.2) is 43.7 Å². The molecule has 0 spiro atoms. The fourth-order valence-electron chi connectivity index (χ4n) is 3.29. The molecule has 0 aliphatic heterocycles. The average molecular weight is 453 g/mol. The Morgan fingerprint density at radius 2 is 1.82 bits per heavy atom. The summed E-state index contributed by atoms with van der Waals surface area (Å²) in [5.74, 6) is -2.05. The fraction of sp³-hybridized carbons (Fsp3) is 0.174. The molecule has 0 saturated carbocycles. The minimum atomic E-state index is -0.807. The summed E-state index contributed by atoms with van der Waals surface area (Å²) < 4.78 is 28.6. The smallest absolute Gasteiger partial charge is 0.224 e. The van der Waals surface area contributed by atoms with Gasteiger partial charge in [0.05, 0.1) is 23.6 Å². The largest absolute Gasteiger partial charge is 0.494 e. The van der Waals surface area contributed by atoms with Crippen molar-refractivity contribution < 1.29 is 23.8 Å². The van der Waals surface area contributed by atoms with Gasteiger partial charge in [0.25, 0.3) is 0 Å². The first-order chi connectivity index (χ1) is 15.8. The van der Waals surface area contributed by atoms with Crippen LogP contribution in [0.5, 0.6) is 5.88 Å². The lowest BCUT2D eigenvalue weighted by Gasteiger charge is -2.11. The zero-order chi connectivity index (χ0) is 23.5. The van der Waals surface area contributed by atoms with Crippen molar-refractivity contribution in [3.8, 4) is 17.3 Å². The van der Waals surface area contributed by atoms with Gasteiger partial charge in [0.1, 0.15) is 22.8 Å². The van der Waals surface area contributed by atoms with Gasteiger partial charge in [-0.1, -0.05) is 18.2 Å². The summed E-state index contributed by atoms with van der Waals surface area (Å²) >= 11 is 0. The zero-order valence-electron chi connectivity index (χ0n) is 17.6. The second-order valence-corrected chi connectivity index (χ2v) is 7.54. The minimum Gasteiger partial charge on any atom is -0.494 e. The van der Waals surface area contributed by atoms with Crippen LogP contribution in [0.2, 0.25) is 0 Å². The third-order valence-corrected chi connectivity index (χ3v) is 4.88. The van der Waals surface area contributed by atoms with E-state index in [0.29, 0.717) is 5.69 Å². The number of carbonyl (C=O) groups excluding carboxylic acids is 1. The maximum Gasteiger partial charge on any atom is 0.224 e. The Labute approximate surface area is 187 Å². The van der Waals surface area contributed by atoms with E-state index in [9.17, 15) is 23.8 Å². The first kappa shape index (κ1) is 22.2. The summed E-state index contributed by atoms with van der Waals surface area (Å²) in [6.07, 6.45) is 0.923. The number of hydrogen-bond donors (Lipinski definition) is 5. The lowest BCUT2D eigenvalue weighted by molar-refractivity contribution is -0.120. The summed E-state index contributed by atoms with van der Waals surface area (Å²) in [6, 6.07) is 10.4. The van der Waals surface area contributed by atoms with Crippen molar-refractivity contribution in [2.75, 3.05) is 11.9 Å². The van der Waals surface area contributed by atoms with E-state index in [-0.39, 0.29) is 52.9 Å². The topological polar surface area (TPSA) is 123 Å². The number of aromatic hydroxyl groups is 1. The van der Waals surface area contributed by atoms with Gasteiger partial charge in [0.15, 0.2) is 5.82 Å². The van der Waals surface area contributed by atoms with E-state index in [4.69, 9.17) is 0 Å². The molecule has 8 nitrogen and oxygen atoms in total. The van der Waals surface area contributed by atoms with Crippen LogP contribution in [-0.2, 0) is 11.2 Å². The van der Waals surface area contributed by atoms with Crippen LogP contribution in [0.1, 0.15) is 12.5 Å². The molecule has 170 valence electrons. The summed E-state index contributed by atoms with van der Waals surface area (Å²) in [4.78, 5) is 23.0. The van der Waals surface area contributed by atoms with Crippen molar-refractivity contribution in [1.82, 2.24) is 20.3 Å². The number of aliphatic hydroxyl groups excluding tert-OH is 1. The number of aliphatic hydroxyl groups is 1. The van der Waals surface area contributed by atoms with E-state index in [1.807, 2.05) is 0 Å². The summed E-state index contributed by atoms with van der Waals surface area (Å²) in [7, 11) is 0. The van der Waals surface area contributed by atoms with Gasteiger partial charge < -0.3 is 25.8 Å². The van der Waals surface area contributed by atoms with Crippen molar-refractivity contribution in [1.29, 1.82) is 0 Å². The number of aromatic amines is 1. The lowest BCUT2D eigenvalue weighted by atomic mass is 10.1. The van der Waals surface area contributed by atoms with Crippen LogP contribution in [0.25, 0.3) is 22.3 Å². The first-order valence-corrected chi connectivity index (χ1v) is 10.1. The lowest BCUT2D eigenvalue weighted by Crippen LogP contribution is -2.31. The van der Waals surface area contributed by atoms with Gasteiger partial charge in [0.2, 0.25) is 11.8 Å². The van der Waals surface area contributed by atoms with Crippen molar-refractivity contribution in [3.63, 3.8) is 0 Å². The molecule has 1 atom stereocenters. The van der Waals surface area contributed by atoms with E-state index < -0.39 is 17.7 Å². The van der Waals surface area contributed by atoms with Crippen LogP contribution >= 0.6 is 0 Å². The highest BCUT2D eigenvalue weighted by Gasteiger charge is 2.19. The van der Waals surface area contributed by atoms with Gasteiger partial charge in [0, 0.05) is 18.4 Å². The van der Waals surface area contributed by atoms with Crippen LogP contribution in [0, 0.1) is 11.6 Å². The van der Waals surface area contributed by atoms with Crippen LogP contribution in [0.3, 0.4) is 0 Å². The molecule has 4 rings (SSSR count). The molecule has 1 amide bonds. The van der Waals surface area contributed by atoms with Crippen molar-refractivity contribution >= 4 is 28.3 Å². The van der Waals surface area contributed by atoms with Gasteiger partial charge in [-0.3, -0.25) is 4.79 Å². The molecule has 0 aliphatic rings. The Morgan fingerprint density at radius 3 is 2.48 bits per heavy atom. The highest BCUT2D eigenvalue weighted by Crippen LogP contribution is 2.34. The van der Waals surface area contributed by atoms with Gasteiger partial charge in [-0.25, -0.2) is 18.7 Å². The number of nitrogens with zero attached hydrogens (tertiary/aromatic N) is 2. The molecule has 0 saturated heterocycles. The number of anilines is 2. The van der Waals surface area contributed by atoms with Gasteiger partial charge in [-0.05, 0) is 36.8 Å². The fourth-order valence-corrected chi connectivity index (χ4v) is 3.29. The number of carbonyl (C=O) groups is 1. The summed E-state index contributed by atoms with van der Waals surface area (Å²) in [5, 5.41) is 25.4. The number of fused-ring (bicyclic) bond motifs is 1. The highest BCUT2D eigenvalue weighted by molar-refractivity contribution is 5.96. The molecule has 0 radical (unpaired) electrons. The second-order valence-electron chi connectivity index (χ2n) is 7.54. The standard InChI is InChI=1S/C23H21F2N5O3/c1-12(31)10-26-18(32)9-13-5-7-14(8-6-13)28-22-20-17(11-27-23(20)33)29-21(30-22)19-15(24)3-2-4-16(19)25/h2-8,11-12,27,31,33H,9-10H2,1H3,(H,26,32)(H,28,29,30). The number of aromatic nitrogens is 3. The molecule has 4 aromatic rings. The molecule has 33 heavy (non-hydrogen) atoms. The van der Waals surface area contributed by atoms with Crippen LogP contribution in [0.15, 0.2) is 48.7 Å². The molecule has 0 bridgehead atoms. The molecule has 5 N–H and O–H groups in total. The Balaban J connectivity index is 1.62.